The molecule has 0 aliphatic rings. The Bertz CT molecular complexity index is 666. The van der Waals surface area contributed by atoms with Crippen molar-refractivity contribution in [3.8, 4) is 0 Å². The summed E-state index contributed by atoms with van der Waals surface area (Å²) in [4.78, 5) is 22.3. The first-order chi connectivity index (χ1) is 10.6. The second-order valence-corrected chi connectivity index (χ2v) is 4.96. The van der Waals surface area contributed by atoms with E-state index in [1.165, 1.54) is 23.8 Å². The number of ketones is 1. The number of aryl methyl sites for hydroxylation is 1. The van der Waals surface area contributed by atoms with Crippen LogP contribution in [0.3, 0.4) is 0 Å². The van der Waals surface area contributed by atoms with Gasteiger partial charge < -0.3 is 5.32 Å². The van der Waals surface area contributed by atoms with Gasteiger partial charge in [0.15, 0.2) is 5.78 Å². The van der Waals surface area contributed by atoms with E-state index in [9.17, 15) is 14.9 Å². The molecule has 0 fully saturated rings. The van der Waals surface area contributed by atoms with Crippen LogP contribution in [0.5, 0.6) is 0 Å². The van der Waals surface area contributed by atoms with Gasteiger partial charge in [-0.25, -0.2) is 0 Å². The smallest absolute Gasteiger partial charge is 0.270 e. The van der Waals surface area contributed by atoms with Crippen LogP contribution in [0.25, 0.3) is 0 Å². The molecule has 5 heteroatoms. The number of Topliss-reactive ketones (excluding diaryl/α,β-unsaturated/α-hetero) is 1. The Morgan fingerprint density at radius 2 is 1.91 bits per heavy atom. The van der Waals surface area contributed by atoms with Gasteiger partial charge in [-0.3, -0.25) is 14.9 Å². The molecule has 0 saturated heterocycles. The Kier molecular flexibility index (Phi) is 5.25. The topological polar surface area (TPSA) is 72.2 Å². The molecule has 22 heavy (non-hydrogen) atoms. The molecule has 2 rings (SSSR count). The minimum Gasteiger partial charge on any atom is -0.385 e. The number of hydrogen-bond acceptors (Lipinski definition) is 4. The fourth-order valence-corrected chi connectivity index (χ4v) is 2.12. The fraction of sp³-hybridized carbons (Fsp3) is 0.235. The van der Waals surface area contributed by atoms with E-state index in [4.69, 9.17) is 0 Å². The molecule has 114 valence electrons. The van der Waals surface area contributed by atoms with E-state index in [0.29, 0.717) is 12.1 Å². The highest BCUT2D eigenvalue weighted by molar-refractivity contribution is 5.96. The maximum atomic E-state index is 12.0. The number of rotatable bonds is 7. The molecular weight excluding hydrogens is 280 g/mol. The van der Waals surface area contributed by atoms with Crippen molar-refractivity contribution in [3.05, 3.63) is 69.8 Å². The van der Waals surface area contributed by atoms with E-state index in [2.05, 4.69) is 12.2 Å². The summed E-state index contributed by atoms with van der Waals surface area (Å²) in [5.74, 6) is -0.110. The Balaban J connectivity index is 1.89. The second-order valence-electron chi connectivity index (χ2n) is 4.96. The van der Waals surface area contributed by atoms with Gasteiger partial charge in [-0.1, -0.05) is 31.2 Å². The van der Waals surface area contributed by atoms with E-state index in [-0.39, 0.29) is 17.9 Å². The number of anilines is 1. The van der Waals surface area contributed by atoms with Crippen molar-refractivity contribution in [2.24, 2.45) is 0 Å². The highest BCUT2D eigenvalue weighted by Gasteiger charge is 2.11. The van der Waals surface area contributed by atoms with E-state index in [0.717, 1.165) is 12.1 Å². The molecule has 0 aliphatic carbocycles. The summed E-state index contributed by atoms with van der Waals surface area (Å²) in [6.45, 7) is 2.59. The molecule has 0 unspecified atom stereocenters. The van der Waals surface area contributed by atoms with E-state index in [1.54, 1.807) is 6.07 Å². The minimum absolute atomic E-state index is 0.0611. The summed E-state index contributed by atoms with van der Waals surface area (Å²) in [7, 11) is 0. The first kappa shape index (κ1) is 15.7. The molecule has 1 N–H and O–H groups in total. The number of carbonyl (C=O) groups is 1. The zero-order valence-corrected chi connectivity index (χ0v) is 12.4. The van der Waals surface area contributed by atoms with Crippen LogP contribution in [0.2, 0.25) is 0 Å². The predicted molar refractivity (Wildman–Crippen MR) is 86.4 cm³/mol. The molecule has 0 aliphatic heterocycles. The van der Waals surface area contributed by atoms with Crippen LogP contribution in [0.1, 0.15) is 29.3 Å². The number of non-ortho nitro benzene ring substituents is 1. The first-order valence-corrected chi connectivity index (χ1v) is 7.20. The Morgan fingerprint density at radius 3 is 2.55 bits per heavy atom. The van der Waals surface area contributed by atoms with Gasteiger partial charge in [0.05, 0.1) is 4.92 Å². The van der Waals surface area contributed by atoms with Gasteiger partial charge in [-0.2, -0.15) is 0 Å². The zero-order valence-electron chi connectivity index (χ0n) is 12.4. The molecule has 0 amide bonds. The Hall–Kier alpha value is -2.69. The Morgan fingerprint density at radius 1 is 1.18 bits per heavy atom. The molecule has 2 aromatic carbocycles. The van der Waals surface area contributed by atoms with Crippen LogP contribution in [0.15, 0.2) is 48.5 Å². The first-order valence-electron chi connectivity index (χ1n) is 7.20. The van der Waals surface area contributed by atoms with Crippen LogP contribution in [0, 0.1) is 10.1 Å². The maximum Gasteiger partial charge on any atom is 0.270 e. The van der Waals surface area contributed by atoms with Crippen LogP contribution in [-0.4, -0.2) is 17.3 Å². The summed E-state index contributed by atoms with van der Waals surface area (Å²) in [6, 6.07) is 13.9. The van der Waals surface area contributed by atoms with Crippen molar-refractivity contribution < 1.29 is 9.72 Å². The molecule has 0 atom stereocenters. The average Bonchev–Trinajstić information content (AvgIpc) is 2.55. The van der Waals surface area contributed by atoms with Crippen molar-refractivity contribution >= 4 is 17.2 Å². The SMILES string of the molecule is CCc1ccc(NCCC(=O)c2cccc([N+](=O)[O-])c2)cc1. The van der Waals surface area contributed by atoms with Crippen molar-refractivity contribution in [1.29, 1.82) is 0 Å². The lowest BCUT2D eigenvalue weighted by Gasteiger charge is -2.07. The van der Waals surface area contributed by atoms with Crippen molar-refractivity contribution in [3.63, 3.8) is 0 Å². The second kappa shape index (κ2) is 7.36. The Labute approximate surface area is 129 Å². The van der Waals surface area contributed by atoms with Crippen LogP contribution in [0.4, 0.5) is 11.4 Å². The molecule has 0 bridgehead atoms. The molecule has 0 saturated carbocycles. The zero-order chi connectivity index (χ0) is 15.9. The summed E-state index contributed by atoms with van der Waals surface area (Å²) < 4.78 is 0. The number of nitro groups is 1. The van der Waals surface area contributed by atoms with E-state index < -0.39 is 4.92 Å². The van der Waals surface area contributed by atoms with Crippen LogP contribution >= 0.6 is 0 Å². The third-order valence-electron chi connectivity index (χ3n) is 3.42. The predicted octanol–water partition coefficient (Wildman–Crippen LogP) is 3.84. The number of carbonyl (C=O) groups excluding carboxylic acids is 1. The molecular formula is C17H18N2O3. The molecule has 2 aromatic rings. The molecule has 0 spiro atoms. The van der Waals surface area contributed by atoms with Crippen molar-refractivity contribution in [2.75, 3.05) is 11.9 Å². The molecule has 0 aromatic heterocycles. The number of nitro benzene ring substituents is 1. The number of nitrogens with zero attached hydrogens (tertiary/aromatic N) is 1. The standard InChI is InChI=1S/C17H18N2O3/c1-2-13-6-8-15(9-7-13)18-11-10-17(20)14-4-3-5-16(12-14)19(21)22/h3-9,12,18H,2,10-11H2,1H3. The van der Waals surface area contributed by atoms with Gasteiger partial charge in [0.1, 0.15) is 0 Å². The van der Waals surface area contributed by atoms with E-state index >= 15 is 0 Å². The summed E-state index contributed by atoms with van der Waals surface area (Å²) >= 11 is 0. The minimum atomic E-state index is -0.496. The number of hydrogen-bond donors (Lipinski definition) is 1. The van der Waals surface area contributed by atoms with Gasteiger partial charge in [0, 0.05) is 36.3 Å². The molecule has 0 heterocycles. The van der Waals surface area contributed by atoms with Gasteiger partial charge in [-0.15, -0.1) is 0 Å². The molecule has 0 radical (unpaired) electrons. The summed E-state index contributed by atoms with van der Waals surface area (Å²) in [5, 5.41) is 13.9. The van der Waals surface area contributed by atoms with Gasteiger partial charge in [0.2, 0.25) is 0 Å². The lowest BCUT2D eigenvalue weighted by Crippen LogP contribution is -2.09. The lowest BCUT2D eigenvalue weighted by atomic mass is 10.1. The fourth-order valence-electron chi connectivity index (χ4n) is 2.12. The third kappa shape index (κ3) is 4.15. The lowest BCUT2D eigenvalue weighted by molar-refractivity contribution is -0.384. The largest absolute Gasteiger partial charge is 0.385 e. The monoisotopic (exact) mass is 298 g/mol. The number of nitrogens with one attached hydrogen (secondary N) is 1. The highest BCUT2D eigenvalue weighted by Crippen LogP contribution is 2.15. The summed E-state index contributed by atoms with van der Waals surface area (Å²) in [5.41, 5.74) is 2.54. The van der Waals surface area contributed by atoms with Crippen LogP contribution in [-0.2, 0) is 6.42 Å². The summed E-state index contributed by atoms with van der Waals surface area (Å²) in [6.07, 6.45) is 1.28. The van der Waals surface area contributed by atoms with Gasteiger partial charge >= 0.3 is 0 Å². The normalized spacial score (nSPS) is 10.2. The van der Waals surface area contributed by atoms with Crippen molar-refractivity contribution in [2.45, 2.75) is 19.8 Å². The van der Waals surface area contributed by atoms with Crippen molar-refractivity contribution in [1.82, 2.24) is 0 Å². The highest BCUT2D eigenvalue weighted by atomic mass is 16.6. The van der Waals surface area contributed by atoms with E-state index in [1.807, 2.05) is 24.3 Å². The van der Waals surface area contributed by atoms with Crippen LogP contribution < -0.4 is 5.32 Å². The average molecular weight is 298 g/mol. The van der Waals surface area contributed by atoms with Gasteiger partial charge in [0.25, 0.3) is 5.69 Å². The quantitative estimate of drug-likeness (QED) is 0.479. The third-order valence-corrected chi connectivity index (χ3v) is 3.42. The van der Waals surface area contributed by atoms with Gasteiger partial charge in [-0.05, 0) is 24.1 Å². The number of benzene rings is 2. The maximum absolute atomic E-state index is 12.0. The molecule has 5 nitrogen and oxygen atoms in total.